The number of alkyl halides is 1. The van der Waals surface area contributed by atoms with Crippen LogP contribution in [0.4, 0.5) is 0 Å². The molecule has 0 N–H and O–H groups in total. The van der Waals surface area contributed by atoms with Gasteiger partial charge >= 0.3 is 62.5 Å². The monoisotopic (exact) mass is 244 g/mol. The molecule has 0 aromatic carbocycles. The summed E-state index contributed by atoms with van der Waals surface area (Å²) in [6, 6.07) is 0. The Balaban J connectivity index is 2.42. The number of hydrogen-bond acceptors (Lipinski definition) is 1. The average Bonchev–Trinajstić information content (AvgIpc) is 1.87. The first-order valence-electron chi connectivity index (χ1n) is 1.92. The van der Waals surface area contributed by atoms with Crippen LogP contribution in [0.25, 0.3) is 0 Å². The van der Waals surface area contributed by atoms with E-state index in [4.69, 9.17) is 0 Å². The van der Waals surface area contributed by atoms with Crippen LogP contribution in [0, 0.1) is 0 Å². The number of hydrogen-bond donors (Lipinski definition) is 0. The van der Waals surface area contributed by atoms with Crippen molar-refractivity contribution in [2.24, 2.45) is 0 Å². The minimum absolute atomic E-state index is 0.722. The van der Waals surface area contributed by atoms with Crippen molar-refractivity contribution in [1.82, 2.24) is 0 Å². The molecule has 0 spiro atoms. The van der Waals surface area contributed by atoms with Gasteiger partial charge in [0, 0.05) is 0 Å². The van der Waals surface area contributed by atoms with Gasteiger partial charge in [0.05, 0.1) is 0 Å². The van der Waals surface area contributed by atoms with Gasteiger partial charge in [-0.15, -0.1) is 0 Å². The Kier molecular flexibility index (Phi) is 2.29. The van der Waals surface area contributed by atoms with Crippen molar-refractivity contribution in [2.75, 3.05) is 0 Å². The predicted molar refractivity (Wildman–Crippen MR) is 39.8 cm³/mol. The van der Waals surface area contributed by atoms with Crippen molar-refractivity contribution in [3.63, 3.8) is 0 Å². The molecule has 3 heteroatoms. The zero-order chi connectivity index (χ0) is 5.28. The van der Waals surface area contributed by atoms with Crippen LogP contribution < -0.4 is 0 Å². The Morgan fingerprint density at radius 3 is 2.86 bits per heavy atom. The molecular formula is C4H5BrSSe. The van der Waals surface area contributed by atoms with E-state index < -0.39 is 0 Å². The van der Waals surface area contributed by atoms with Crippen LogP contribution in [0.2, 0.25) is 0 Å². The molecule has 0 saturated carbocycles. The maximum absolute atomic E-state index is 3.52. The van der Waals surface area contributed by atoms with Gasteiger partial charge in [0.25, 0.3) is 0 Å². The first kappa shape index (κ1) is 6.21. The summed E-state index contributed by atoms with van der Waals surface area (Å²) in [7, 11) is 0. The molecular weight excluding hydrogens is 239 g/mol. The number of allylic oxidation sites excluding steroid dienone is 1. The fourth-order valence-corrected chi connectivity index (χ4v) is 5.42. The molecule has 0 bridgehead atoms. The third-order valence-electron chi connectivity index (χ3n) is 0.620. The summed E-state index contributed by atoms with van der Waals surface area (Å²) in [6.07, 6.45) is 0. The summed E-state index contributed by atoms with van der Waals surface area (Å²) in [6.45, 7) is 2.19. The Morgan fingerprint density at radius 2 is 2.71 bits per heavy atom. The van der Waals surface area contributed by atoms with Crippen LogP contribution in [0.15, 0.2) is 9.88 Å². The Hall–Kier alpha value is 1.09. The molecule has 0 amide bonds. The Bertz CT molecular complexity index is 102. The van der Waals surface area contributed by atoms with Gasteiger partial charge in [0.2, 0.25) is 0 Å². The molecule has 0 saturated heterocycles. The third kappa shape index (κ3) is 1.80. The van der Waals surface area contributed by atoms with Crippen LogP contribution in [0.1, 0.15) is 6.92 Å². The summed E-state index contributed by atoms with van der Waals surface area (Å²) in [5.41, 5.74) is 0. The molecule has 1 rings (SSSR count). The van der Waals surface area contributed by atoms with Gasteiger partial charge in [-0.2, -0.15) is 0 Å². The number of thioether (sulfide) groups is 1. The summed E-state index contributed by atoms with van der Waals surface area (Å²) < 4.78 is 2.28. The van der Waals surface area contributed by atoms with E-state index in [1.807, 2.05) is 11.8 Å². The van der Waals surface area contributed by atoms with E-state index in [1.54, 1.807) is 4.47 Å². The number of halogens is 1. The maximum atomic E-state index is 3.52. The first-order chi connectivity index (χ1) is 3.29. The second-order valence-corrected chi connectivity index (χ2v) is 8.63. The molecule has 1 aliphatic rings. The zero-order valence-electron chi connectivity index (χ0n) is 3.85. The van der Waals surface area contributed by atoms with Gasteiger partial charge in [-0.05, 0) is 0 Å². The molecule has 0 aromatic heterocycles. The van der Waals surface area contributed by atoms with Crippen molar-refractivity contribution in [2.45, 2.75) is 9.98 Å². The first-order valence-corrected chi connectivity index (χ1v) is 5.62. The molecule has 0 nitrogen and oxygen atoms in total. The quantitative estimate of drug-likeness (QED) is 0.463. The van der Waals surface area contributed by atoms with E-state index in [1.165, 1.54) is 0 Å². The van der Waals surface area contributed by atoms with Gasteiger partial charge in [-0.25, -0.2) is 0 Å². The van der Waals surface area contributed by atoms with E-state index in [0.717, 1.165) is 18.0 Å². The van der Waals surface area contributed by atoms with E-state index in [9.17, 15) is 0 Å². The zero-order valence-corrected chi connectivity index (χ0v) is 7.96. The summed E-state index contributed by atoms with van der Waals surface area (Å²) >= 11 is 6.13. The average molecular weight is 244 g/mol. The van der Waals surface area contributed by atoms with Crippen molar-refractivity contribution >= 4 is 42.6 Å². The molecule has 1 atom stereocenters. The predicted octanol–water partition coefficient (Wildman–Crippen LogP) is 1.98. The van der Waals surface area contributed by atoms with Crippen LogP contribution >= 0.6 is 27.7 Å². The third-order valence-corrected chi connectivity index (χ3v) is 5.89. The Morgan fingerprint density at radius 1 is 2.00 bits per heavy atom. The van der Waals surface area contributed by atoms with Crippen LogP contribution in [-0.4, -0.2) is 18.0 Å². The van der Waals surface area contributed by atoms with Gasteiger partial charge in [0.1, 0.15) is 0 Å². The molecule has 1 unspecified atom stereocenters. The SMILES string of the molecule is CC1=CSC(Br)[Se]1. The second-order valence-electron chi connectivity index (χ2n) is 1.26. The standard InChI is InChI=1S/C4H5BrSSe/c1-3-2-6-4(5)7-3/h2,4H,1H3. The molecule has 0 radical (unpaired) electrons. The summed E-state index contributed by atoms with van der Waals surface area (Å²) in [4.78, 5) is 0. The minimum atomic E-state index is 0.722. The van der Waals surface area contributed by atoms with Crippen molar-refractivity contribution in [3.05, 3.63) is 9.88 Å². The molecule has 0 aliphatic carbocycles. The van der Waals surface area contributed by atoms with E-state index in [-0.39, 0.29) is 0 Å². The number of rotatable bonds is 0. The second kappa shape index (κ2) is 2.58. The molecule has 1 aliphatic heterocycles. The van der Waals surface area contributed by atoms with Gasteiger partial charge in [-0.3, -0.25) is 0 Å². The summed E-state index contributed by atoms with van der Waals surface area (Å²) in [5.74, 6) is 0. The van der Waals surface area contributed by atoms with E-state index >= 15 is 0 Å². The molecule has 1 heterocycles. The van der Waals surface area contributed by atoms with Crippen LogP contribution in [0.3, 0.4) is 0 Å². The van der Waals surface area contributed by atoms with E-state index in [0.29, 0.717) is 0 Å². The van der Waals surface area contributed by atoms with Crippen LogP contribution in [-0.2, 0) is 0 Å². The van der Waals surface area contributed by atoms with E-state index in [2.05, 4.69) is 28.3 Å². The topological polar surface area (TPSA) is 0 Å². The molecule has 7 heavy (non-hydrogen) atoms. The Labute approximate surface area is 62.4 Å². The van der Waals surface area contributed by atoms with Gasteiger partial charge in [-0.1, -0.05) is 0 Å². The molecule has 40 valence electrons. The fraction of sp³-hybridized carbons (Fsp3) is 0.500. The summed E-state index contributed by atoms with van der Waals surface area (Å²) in [5, 5.41) is 2.24. The molecule has 0 fully saturated rings. The molecule has 0 aromatic rings. The van der Waals surface area contributed by atoms with Crippen molar-refractivity contribution in [3.8, 4) is 0 Å². The normalized spacial score (nSPS) is 30.6. The van der Waals surface area contributed by atoms with Gasteiger partial charge in [0.15, 0.2) is 0 Å². The van der Waals surface area contributed by atoms with Crippen molar-refractivity contribution in [1.29, 1.82) is 0 Å². The van der Waals surface area contributed by atoms with Gasteiger partial charge < -0.3 is 0 Å². The fourth-order valence-electron chi connectivity index (χ4n) is 0.351. The van der Waals surface area contributed by atoms with Crippen LogP contribution in [0.5, 0.6) is 0 Å². The van der Waals surface area contributed by atoms with Crippen molar-refractivity contribution < 1.29 is 0 Å².